The van der Waals surface area contributed by atoms with Gasteiger partial charge in [0, 0.05) is 28.6 Å². The van der Waals surface area contributed by atoms with E-state index in [4.69, 9.17) is 21.8 Å². The van der Waals surface area contributed by atoms with Crippen LogP contribution in [0.3, 0.4) is 0 Å². The maximum absolute atomic E-state index is 12.8. The number of thiophene rings is 1. The van der Waals surface area contributed by atoms with E-state index in [1.807, 2.05) is 6.07 Å². The molecule has 0 radical (unpaired) electrons. The Morgan fingerprint density at radius 2 is 2.03 bits per heavy atom. The van der Waals surface area contributed by atoms with Crippen LogP contribution in [0.25, 0.3) is 17.4 Å². The molecule has 11 heteroatoms. The Balaban J connectivity index is 1.58. The normalized spacial score (nSPS) is 13.1. The minimum absolute atomic E-state index is 0.123. The van der Waals surface area contributed by atoms with Crippen LogP contribution in [0.1, 0.15) is 39.4 Å². The lowest BCUT2D eigenvalue weighted by atomic mass is 9.95. The molecule has 2 heterocycles. The van der Waals surface area contributed by atoms with Gasteiger partial charge in [-0.1, -0.05) is 11.6 Å². The molecule has 0 spiro atoms. The number of nitrogens with two attached hydrogens (primary N) is 1. The summed E-state index contributed by atoms with van der Waals surface area (Å²) >= 11 is 7.44. The van der Waals surface area contributed by atoms with E-state index in [1.165, 1.54) is 41.7 Å². The van der Waals surface area contributed by atoms with Gasteiger partial charge in [0.05, 0.1) is 15.5 Å². The van der Waals surface area contributed by atoms with Crippen LogP contribution in [0.4, 0.5) is 10.7 Å². The van der Waals surface area contributed by atoms with E-state index in [2.05, 4.69) is 5.32 Å². The summed E-state index contributed by atoms with van der Waals surface area (Å²) in [4.78, 5) is 36.2. The summed E-state index contributed by atoms with van der Waals surface area (Å²) in [5, 5.41) is 23.5. The van der Waals surface area contributed by atoms with Gasteiger partial charge >= 0.3 is 0 Å². The van der Waals surface area contributed by atoms with E-state index >= 15 is 0 Å². The van der Waals surface area contributed by atoms with Gasteiger partial charge in [0.2, 0.25) is 0 Å². The third-order valence-corrected chi connectivity index (χ3v) is 6.87. The first kappa shape index (κ1) is 23.2. The van der Waals surface area contributed by atoms with Gasteiger partial charge < -0.3 is 15.5 Å². The molecule has 172 valence electrons. The van der Waals surface area contributed by atoms with Crippen LogP contribution in [0, 0.1) is 21.4 Å². The fourth-order valence-electron chi connectivity index (χ4n) is 3.77. The van der Waals surface area contributed by atoms with Gasteiger partial charge in [-0.2, -0.15) is 5.26 Å². The lowest BCUT2D eigenvalue weighted by molar-refractivity contribution is -0.384. The summed E-state index contributed by atoms with van der Waals surface area (Å²) in [6.45, 7) is 0. The number of nitrogens with zero attached hydrogens (tertiary/aromatic N) is 2. The maximum atomic E-state index is 12.8. The number of carbonyl (C=O) groups excluding carboxylic acids is 2. The Morgan fingerprint density at radius 3 is 2.71 bits per heavy atom. The molecule has 0 bridgehead atoms. The van der Waals surface area contributed by atoms with E-state index in [-0.39, 0.29) is 22.0 Å². The first-order valence-corrected chi connectivity index (χ1v) is 11.4. The van der Waals surface area contributed by atoms with Crippen molar-refractivity contribution in [3.05, 3.63) is 72.8 Å². The third-order valence-electron chi connectivity index (χ3n) is 5.35. The molecule has 1 aromatic carbocycles. The number of anilines is 1. The number of nitro benzene ring substituents is 1. The second kappa shape index (κ2) is 9.51. The monoisotopic (exact) mass is 496 g/mol. The number of aryl methyl sites for hydroxylation is 1. The number of primary amides is 1. The predicted molar refractivity (Wildman–Crippen MR) is 128 cm³/mol. The summed E-state index contributed by atoms with van der Waals surface area (Å²) in [6.07, 6.45) is 4.75. The van der Waals surface area contributed by atoms with Crippen molar-refractivity contribution in [2.75, 3.05) is 5.32 Å². The molecule has 2 amide bonds. The first-order chi connectivity index (χ1) is 16.3. The second-order valence-electron chi connectivity index (χ2n) is 7.53. The van der Waals surface area contributed by atoms with Gasteiger partial charge in [-0.3, -0.25) is 19.7 Å². The Kier molecular flexibility index (Phi) is 6.49. The van der Waals surface area contributed by atoms with E-state index in [1.54, 1.807) is 6.07 Å². The molecule has 4 rings (SSSR count). The number of hydrogen-bond acceptors (Lipinski definition) is 7. The number of hydrogen-bond donors (Lipinski definition) is 2. The van der Waals surface area contributed by atoms with Crippen molar-refractivity contribution in [3.8, 4) is 17.4 Å². The van der Waals surface area contributed by atoms with E-state index in [0.717, 1.165) is 36.1 Å². The number of benzene rings is 1. The topological polar surface area (TPSA) is 152 Å². The third kappa shape index (κ3) is 4.57. The quantitative estimate of drug-likeness (QED) is 0.210. The maximum Gasteiger partial charge on any atom is 0.270 e. The molecule has 0 fully saturated rings. The largest absolute Gasteiger partial charge is 0.457 e. The lowest BCUT2D eigenvalue weighted by Gasteiger charge is -2.11. The minimum Gasteiger partial charge on any atom is -0.457 e. The summed E-state index contributed by atoms with van der Waals surface area (Å²) in [5.41, 5.74) is 6.76. The highest BCUT2D eigenvalue weighted by Gasteiger charge is 2.25. The predicted octanol–water partition coefficient (Wildman–Crippen LogP) is 5.09. The van der Waals surface area contributed by atoms with Gasteiger partial charge in [0.15, 0.2) is 0 Å². The molecule has 0 unspecified atom stereocenters. The highest BCUT2D eigenvalue weighted by molar-refractivity contribution is 7.17. The van der Waals surface area contributed by atoms with Crippen molar-refractivity contribution >= 4 is 51.5 Å². The molecule has 1 aliphatic rings. The lowest BCUT2D eigenvalue weighted by Crippen LogP contribution is -2.19. The number of carbonyl (C=O) groups is 2. The van der Waals surface area contributed by atoms with E-state index in [9.17, 15) is 25.0 Å². The molecule has 0 aliphatic heterocycles. The van der Waals surface area contributed by atoms with Crippen LogP contribution in [0.5, 0.6) is 0 Å². The average Bonchev–Trinajstić information content (AvgIpc) is 3.41. The second-order valence-corrected chi connectivity index (χ2v) is 9.04. The molecule has 1 aliphatic carbocycles. The van der Waals surface area contributed by atoms with Gasteiger partial charge in [-0.15, -0.1) is 11.3 Å². The molecular weight excluding hydrogens is 480 g/mol. The van der Waals surface area contributed by atoms with Crippen LogP contribution in [-0.4, -0.2) is 16.7 Å². The number of nitriles is 1. The number of furan rings is 1. The highest BCUT2D eigenvalue weighted by atomic mass is 35.5. The zero-order valence-electron chi connectivity index (χ0n) is 17.6. The van der Waals surface area contributed by atoms with E-state index < -0.39 is 16.7 Å². The van der Waals surface area contributed by atoms with Crippen molar-refractivity contribution in [1.29, 1.82) is 5.26 Å². The van der Waals surface area contributed by atoms with Crippen LogP contribution < -0.4 is 11.1 Å². The smallest absolute Gasteiger partial charge is 0.270 e. The highest BCUT2D eigenvalue weighted by Crippen LogP contribution is 2.38. The number of amides is 2. The fraction of sp³-hybridized carbons (Fsp3) is 0.174. The summed E-state index contributed by atoms with van der Waals surface area (Å²) in [5.74, 6) is -0.801. The SMILES string of the molecule is N#CC(=Cc1ccc(-c2ccc([N+](=O)[O-])cc2Cl)o1)C(=O)Nc1sc2c(c1C(N)=O)CCCC2. The van der Waals surface area contributed by atoms with Gasteiger partial charge in [-0.05, 0) is 49.4 Å². The zero-order chi connectivity index (χ0) is 24.4. The molecule has 3 N–H and O–H groups in total. The summed E-state index contributed by atoms with van der Waals surface area (Å²) in [7, 11) is 0. The molecule has 3 aromatic rings. The average molecular weight is 497 g/mol. The van der Waals surface area contributed by atoms with Crippen LogP contribution in [0.15, 0.2) is 40.3 Å². The number of nitrogens with one attached hydrogen (secondary N) is 1. The standard InChI is InChI=1S/C23H17ClN4O5S/c24-17-10-13(28(31)32)5-7-15(17)18-8-6-14(33-18)9-12(11-25)22(30)27-23-20(21(26)29)16-3-1-2-4-19(16)34-23/h5-10H,1-4H2,(H2,26,29)(H,27,30). The molecule has 0 saturated heterocycles. The number of fused-ring (bicyclic) bond motifs is 1. The minimum atomic E-state index is -0.699. The Bertz CT molecular complexity index is 1400. The number of halogens is 1. The summed E-state index contributed by atoms with van der Waals surface area (Å²) in [6, 6.07) is 8.91. The number of rotatable bonds is 6. The molecular formula is C23H17ClN4O5S. The van der Waals surface area contributed by atoms with Crippen molar-refractivity contribution in [3.63, 3.8) is 0 Å². The summed E-state index contributed by atoms with van der Waals surface area (Å²) < 4.78 is 5.68. The van der Waals surface area contributed by atoms with Crippen molar-refractivity contribution < 1.29 is 18.9 Å². The van der Waals surface area contributed by atoms with Gasteiger partial charge in [0.25, 0.3) is 17.5 Å². The van der Waals surface area contributed by atoms with Crippen LogP contribution in [0.2, 0.25) is 5.02 Å². The number of non-ortho nitro benzene ring substituents is 1. The molecule has 34 heavy (non-hydrogen) atoms. The Labute approximate surface area is 202 Å². The van der Waals surface area contributed by atoms with Crippen LogP contribution >= 0.6 is 22.9 Å². The van der Waals surface area contributed by atoms with Crippen molar-refractivity contribution in [1.82, 2.24) is 0 Å². The molecule has 0 atom stereocenters. The van der Waals surface area contributed by atoms with Gasteiger partial charge in [-0.25, -0.2) is 0 Å². The van der Waals surface area contributed by atoms with Crippen LogP contribution in [-0.2, 0) is 17.6 Å². The number of nitro groups is 1. The molecule has 9 nitrogen and oxygen atoms in total. The van der Waals surface area contributed by atoms with Crippen molar-refractivity contribution in [2.45, 2.75) is 25.7 Å². The molecule has 0 saturated carbocycles. The fourth-order valence-corrected chi connectivity index (χ4v) is 5.33. The van der Waals surface area contributed by atoms with Gasteiger partial charge in [0.1, 0.15) is 28.2 Å². The molecule has 2 aromatic heterocycles. The van der Waals surface area contributed by atoms with Crippen molar-refractivity contribution in [2.24, 2.45) is 5.73 Å². The zero-order valence-corrected chi connectivity index (χ0v) is 19.2. The van der Waals surface area contributed by atoms with E-state index in [0.29, 0.717) is 21.9 Å². The first-order valence-electron chi connectivity index (χ1n) is 10.2. The Hall–Kier alpha value is -3.94. The Morgan fingerprint density at radius 1 is 1.26 bits per heavy atom.